The fourth-order valence-corrected chi connectivity index (χ4v) is 4.53. The van der Waals surface area contributed by atoms with Crippen LogP contribution in [0.5, 0.6) is 0 Å². The molecule has 3 aliphatic rings. The normalized spacial score (nSPS) is 31.5. The smallest absolute Gasteiger partial charge is 0.418 e. The average molecular weight is 488 g/mol. The van der Waals surface area contributed by atoms with Gasteiger partial charge in [-0.3, -0.25) is 4.99 Å². The summed E-state index contributed by atoms with van der Waals surface area (Å²) in [6.45, 7) is 5.70. The molecular formula is C23H22F6N2O3. The number of nitrogen functional groups attached to an aromatic ring is 1. The lowest BCUT2D eigenvalue weighted by atomic mass is 9.84. The van der Waals surface area contributed by atoms with Crippen LogP contribution in [0.25, 0.3) is 0 Å². The largest absolute Gasteiger partial charge is 0.455 e. The number of aliphatic imine (C=N–C) groups is 1. The predicted molar refractivity (Wildman–Crippen MR) is 111 cm³/mol. The van der Waals surface area contributed by atoms with Crippen molar-refractivity contribution in [3.8, 4) is 0 Å². The number of epoxide rings is 1. The lowest BCUT2D eigenvalue weighted by molar-refractivity contribution is -0.143. The van der Waals surface area contributed by atoms with E-state index in [1.807, 2.05) is 6.92 Å². The fraction of sp³-hybridized carbons (Fsp3) is 0.478. The minimum atomic E-state index is -5.09. The van der Waals surface area contributed by atoms with Crippen molar-refractivity contribution < 1.29 is 40.6 Å². The first-order valence-corrected chi connectivity index (χ1v) is 10.6. The van der Waals surface area contributed by atoms with Gasteiger partial charge in [-0.05, 0) is 50.3 Å². The third-order valence-corrected chi connectivity index (χ3v) is 6.51. The zero-order valence-corrected chi connectivity index (χ0v) is 18.1. The Morgan fingerprint density at radius 2 is 1.91 bits per heavy atom. The summed E-state index contributed by atoms with van der Waals surface area (Å²) in [5, 5.41) is 0. The molecule has 0 bridgehead atoms. The molecule has 2 fully saturated rings. The Hall–Kier alpha value is -2.82. The van der Waals surface area contributed by atoms with Gasteiger partial charge in [-0.15, -0.1) is 0 Å². The number of benzene rings is 1. The second kappa shape index (κ2) is 8.14. The Morgan fingerprint density at radius 1 is 1.21 bits per heavy atom. The Balaban J connectivity index is 1.65. The molecule has 2 saturated heterocycles. The number of nitrogens with zero attached hydrogens (tertiary/aromatic N) is 1. The fourth-order valence-electron chi connectivity index (χ4n) is 4.53. The van der Waals surface area contributed by atoms with E-state index in [0.29, 0.717) is 42.9 Å². The van der Waals surface area contributed by atoms with Crippen LogP contribution >= 0.6 is 0 Å². The molecule has 34 heavy (non-hydrogen) atoms. The molecule has 0 spiro atoms. The zero-order chi connectivity index (χ0) is 25.1. The van der Waals surface area contributed by atoms with Gasteiger partial charge in [0.25, 0.3) is 0 Å². The average Bonchev–Trinajstić information content (AvgIpc) is 3.30. The number of fused-ring (bicyclic) bond motifs is 3. The van der Waals surface area contributed by atoms with Crippen molar-refractivity contribution in [2.24, 2.45) is 10.9 Å². The van der Waals surface area contributed by atoms with Crippen LogP contribution in [0.2, 0.25) is 0 Å². The summed E-state index contributed by atoms with van der Waals surface area (Å²) in [4.78, 5) is 15.9. The van der Waals surface area contributed by atoms with Crippen molar-refractivity contribution in [3.63, 3.8) is 0 Å². The molecule has 1 aliphatic carbocycles. The third-order valence-electron chi connectivity index (χ3n) is 6.51. The molecule has 2 heterocycles. The first-order valence-electron chi connectivity index (χ1n) is 10.6. The standard InChI is InChI=1S/C23H22F6N2O3/c1-11-14-6-5-12(4-3-7-21(2)19(34-21)18(14)33-20(11)32)10-31-17-15(23(27,28)29)8-13(9-16(17)30)22(24,25)26/h4,8-10,14,18-19H,1,3,5-7,30H2,2H3/b12-4+,31-10?/t14-,18-,19-,21+/m0/s1. The van der Waals surface area contributed by atoms with Gasteiger partial charge in [-0.25, -0.2) is 4.79 Å². The van der Waals surface area contributed by atoms with Crippen molar-refractivity contribution in [1.82, 2.24) is 0 Å². The van der Waals surface area contributed by atoms with Crippen LogP contribution in [0.15, 0.2) is 40.9 Å². The van der Waals surface area contributed by atoms with E-state index in [9.17, 15) is 31.1 Å². The van der Waals surface area contributed by atoms with Gasteiger partial charge in [0.2, 0.25) is 0 Å². The highest BCUT2D eigenvalue weighted by molar-refractivity contribution is 5.91. The number of esters is 1. The lowest BCUT2D eigenvalue weighted by Crippen LogP contribution is -2.28. The van der Waals surface area contributed by atoms with Crippen LogP contribution in [-0.4, -0.2) is 30.0 Å². The number of halogens is 6. The van der Waals surface area contributed by atoms with Gasteiger partial charge in [0.15, 0.2) is 0 Å². The molecule has 0 aromatic heterocycles. The highest BCUT2D eigenvalue weighted by atomic mass is 19.4. The van der Waals surface area contributed by atoms with Gasteiger partial charge in [-0.2, -0.15) is 26.3 Å². The Kier molecular flexibility index (Phi) is 5.82. The SMILES string of the molecule is C=C1C(=O)O[C@H]2[C@H]1CC/C(C=Nc1c(N)cc(C(F)(F)F)cc1C(F)(F)F)=C\CC[C@@]1(C)O[C@@H]21. The van der Waals surface area contributed by atoms with Gasteiger partial charge in [0, 0.05) is 17.7 Å². The van der Waals surface area contributed by atoms with Crippen LogP contribution in [0.1, 0.15) is 43.7 Å². The van der Waals surface area contributed by atoms with Crippen LogP contribution in [-0.2, 0) is 26.6 Å². The van der Waals surface area contributed by atoms with Gasteiger partial charge < -0.3 is 15.2 Å². The highest BCUT2D eigenvalue weighted by Gasteiger charge is 2.61. The number of rotatable bonds is 2. The molecule has 1 aromatic rings. The molecule has 4 rings (SSSR count). The molecule has 2 aliphatic heterocycles. The van der Waals surface area contributed by atoms with Gasteiger partial charge in [0.1, 0.15) is 12.2 Å². The molecule has 184 valence electrons. The maximum Gasteiger partial charge on any atom is 0.418 e. The van der Waals surface area contributed by atoms with Crippen molar-refractivity contribution >= 4 is 23.6 Å². The molecule has 0 unspecified atom stereocenters. The van der Waals surface area contributed by atoms with Crippen LogP contribution in [0.3, 0.4) is 0 Å². The highest BCUT2D eigenvalue weighted by Crippen LogP contribution is 2.50. The summed E-state index contributed by atoms with van der Waals surface area (Å²) in [7, 11) is 0. The summed E-state index contributed by atoms with van der Waals surface area (Å²) >= 11 is 0. The molecule has 0 radical (unpaired) electrons. The summed E-state index contributed by atoms with van der Waals surface area (Å²) in [6.07, 6.45) is -5.98. The number of nitrogens with two attached hydrogens (primary N) is 1. The number of ether oxygens (including phenoxy) is 2. The number of hydrogen-bond acceptors (Lipinski definition) is 5. The molecule has 5 nitrogen and oxygen atoms in total. The molecule has 11 heteroatoms. The van der Waals surface area contributed by atoms with E-state index in [-0.39, 0.29) is 18.1 Å². The summed E-state index contributed by atoms with van der Waals surface area (Å²) in [5.74, 6) is -0.824. The van der Waals surface area contributed by atoms with E-state index >= 15 is 0 Å². The second-order valence-electron chi connectivity index (χ2n) is 8.92. The monoisotopic (exact) mass is 488 g/mol. The van der Waals surface area contributed by atoms with Crippen LogP contribution < -0.4 is 5.73 Å². The van der Waals surface area contributed by atoms with E-state index in [1.165, 1.54) is 6.21 Å². The molecule has 4 atom stereocenters. The molecular weight excluding hydrogens is 466 g/mol. The number of alkyl halides is 6. The van der Waals surface area contributed by atoms with E-state index in [1.54, 1.807) is 6.08 Å². The van der Waals surface area contributed by atoms with Crippen molar-refractivity contribution in [3.05, 3.63) is 47.1 Å². The summed E-state index contributed by atoms with van der Waals surface area (Å²) in [5.41, 5.74) is 1.35. The van der Waals surface area contributed by atoms with Crippen molar-refractivity contribution in [1.29, 1.82) is 0 Å². The molecule has 0 amide bonds. The first-order chi connectivity index (χ1) is 15.7. The van der Waals surface area contributed by atoms with Gasteiger partial charge in [-0.1, -0.05) is 12.7 Å². The minimum absolute atomic E-state index is 0.00618. The second-order valence-corrected chi connectivity index (χ2v) is 8.92. The Bertz CT molecular complexity index is 1090. The third kappa shape index (κ3) is 4.57. The van der Waals surface area contributed by atoms with Crippen LogP contribution in [0, 0.1) is 5.92 Å². The summed E-state index contributed by atoms with van der Waals surface area (Å²) < 4.78 is 90.8. The minimum Gasteiger partial charge on any atom is -0.455 e. The Labute approximate surface area is 191 Å². The van der Waals surface area contributed by atoms with E-state index < -0.39 is 52.5 Å². The van der Waals surface area contributed by atoms with E-state index in [4.69, 9.17) is 15.2 Å². The number of hydrogen-bond donors (Lipinski definition) is 1. The Morgan fingerprint density at radius 3 is 2.56 bits per heavy atom. The van der Waals surface area contributed by atoms with E-state index in [0.717, 1.165) is 0 Å². The van der Waals surface area contributed by atoms with E-state index in [2.05, 4.69) is 11.6 Å². The zero-order valence-electron chi connectivity index (χ0n) is 18.1. The molecule has 0 saturated carbocycles. The number of allylic oxidation sites excluding steroid dienone is 2. The molecule has 2 N–H and O–H groups in total. The number of anilines is 1. The maximum atomic E-state index is 13.5. The number of carbonyl (C=O) groups excluding carboxylic acids is 1. The lowest BCUT2D eigenvalue weighted by Gasteiger charge is -2.19. The van der Waals surface area contributed by atoms with Crippen LogP contribution in [0.4, 0.5) is 37.7 Å². The van der Waals surface area contributed by atoms with Crippen molar-refractivity contribution in [2.75, 3.05) is 5.73 Å². The maximum absolute atomic E-state index is 13.5. The number of carbonyl (C=O) groups is 1. The summed E-state index contributed by atoms with van der Waals surface area (Å²) in [6, 6.07) is 0.442. The van der Waals surface area contributed by atoms with Gasteiger partial charge in [0.05, 0.1) is 28.1 Å². The van der Waals surface area contributed by atoms with Crippen molar-refractivity contribution in [2.45, 2.75) is 62.8 Å². The van der Waals surface area contributed by atoms with Gasteiger partial charge >= 0.3 is 18.3 Å². The molecule has 1 aromatic carbocycles. The predicted octanol–water partition coefficient (Wildman–Crippen LogP) is 5.76. The topological polar surface area (TPSA) is 77.2 Å². The first kappa shape index (κ1) is 24.3. The quantitative estimate of drug-likeness (QED) is 0.143.